The van der Waals surface area contributed by atoms with E-state index in [1.54, 1.807) is 0 Å². The van der Waals surface area contributed by atoms with E-state index in [4.69, 9.17) is 4.74 Å². The largest absolute Gasteiger partial charge is 0.372 e. The van der Waals surface area contributed by atoms with E-state index in [9.17, 15) is 4.79 Å². The summed E-state index contributed by atoms with van der Waals surface area (Å²) in [6.07, 6.45) is 1.15. The van der Waals surface area contributed by atoms with Crippen molar-refractivity contribution in [2.45, 2.75) is 19.4 Å². The van der Waals surface area contributed by atoms with Gasteiger partial charge in [0.2, 0.25) is 5.91 Å². The van der Waals surface area contributed by atoms with Crippen LogP contribution in [0.2, 0.25) is 0 Å². The number of fused-ring (bicyclic) bond motifs is 1. The molecule has 0 bridgehead atoms. The predicted molar refractivity (Wildman–Crippen MR) is 53.0 cm³/mol. The van der Waals surface area contributed by atoms with E-state index in [1.165, 1.54) is 0 Å². The molecule has 4 nitrogen and oxygen atoms in total. The fraction of sp³-hybridized carbons (Fsp3) is 0.900. The summed E-state index contributed by atoms with van der Waals surface area (Å²) in [6, 6.07) is 0.433. The molecule has 0 aromatic carbocycles. The van der Waals surface area contributed by atoms with Gasteiger partial charge in [-0.1, -0.05) is 0 Å². The molecule has 0 saturated carbocycles. The molecule has 2 saturated heterocycles. The number of nitrogens with one attached hydrogen (secondary N) is 1. The van der Waals surface area contributed by atoms with Crippen LogP contribution in [0.1, 0.15) is 13.3 Å². The zero-order chi connectivity index (χ0) is 9.97. The Labute approximate surface area is 84.6 Å². The molecule has 0 spiro atoms. The Morgan fingerprint density at radius 2 is 2.43 bits per heavy atom. The summed E-state index contributed by atoms with van der Waals surface area (Å²) in [5, 5.41) is 3.33. The first-order valence-corrected chi connectivity index (χ1v) is 5.41. The van der Waals surface area contributed by atoms with Crippen LogP contribution in [-0.2, 0) is 9.53 Å². The normalized spacial score (nSPS) is 30.8. The molecule has 2 rings (SSSR count). The highest BCUT2D eigenvalue weighted by atomic mass is 16.5. The van der Waals surface area contributed by atoms with E-state index in [-0.39, 0.29) is 12.5 Å². The van der Waals surface area contributed by atoms with Gasteiger partial charge in [0.15, 0.2) is 0 Å². The van der Waals surface area contributed by atoms with Crippen LogP contribution >= 0.6 is 0 Å². The number of hydrogen-bond donors (Lipinski definition) is 1. The molecule has 0 unspecified atom stereocenters. The highest BCUT2D eigenvalue weighted by Gasteiger charge is 2.39. The van der Waals surface area contributed by atoms with Crippen LogP contribution in [0.25, 0.3) is 0 Å². The molecule has 4 heteroatoms. The number of carbonyl (C=O) groups excluding carboxylic acids is 1. The van der Waals surface area contributed by atoms with Crippen molar-refractivity contribution in [3.05, 3.63) is 0 Å². The second-order valence-electron chi connectivity index (χ2n) is 4.00. The highest BCUT2D eigenvalue weighted by Crippen LogP contribution is 2.26. The Kier molecular flexibility index (Phi) is 3.03. The van der Waals surface area contributed by atoms with Crippen LogP contribution in [0.15, 0.2) is 0 Å². The topological polar surface area (TPSA) is 41.6 Å². The van der Waals surface area contributed by atoms with Crippen molar-refractivity contribution >= 4 is 5.91 Å². The molecule has 80 valence electrons. The van der Waals surface area contributed by atoms with Crippen molar-refractivity contribution in [2.75, 3.05) is 32.8 Å². The Morgan fingerprint density at radius 1 is 1.57 bits per heavy atom. The van der Waals surface area contributed by atoms with Gasteiger partial charge in [-0.3, -0.25) is 4.79 Å². The van der Waals surface area contributed by atoms with Gasteiger partial charge in [0, 0.05) is 32.3 Å². The maximum atomic E-state index is 11.7. The first-order valence-electron chi connectivity index (χ1n) is 5.41. The van der Waals surface area contributed by atoms with Crippen LogP contribution < -0.4 is 5.32 Å². The number of hydrogen-bond acceptors (Lipinski definition) is 3. The lowest BCUT2D eigenvalue weighted by molar-refractivity contribution is -0.136. The monoisotopic (exact) mass is 198 g/mol. The van der Waals surface area contributed by atoms with Crippen molar-refractivity contribution in [1.82, 2.24) is 10.2 Å². The molecule has 0 aromatic rings. The lowest BCUT2D eigenvalue weighted by Gasteiger charge is -2.23. The molecule has 0 aliphatic carbocycles. The lowest BCUT2D eigenvalue weighted by atomic mass is 10.1. The third kappa shape index (κ3) is 1.77. The number of amides is 1. The first-order chi connectivity index (χ1) is 6.83. The van der Waals surface area contributed by atoms with Gasteiger partial charge in [-0.2, -0.15) is 0 Å². The smallest absolute Gasteiger partial charge is 0.248 e. The van der Waals surface area contributed by atoms with Gasteiger partial charge in [-0.25, -0.2) is 0 Å². The van der Waals surface area contributed by atoms with Crippen LogP contribution in [-0.4, -0.2) is 49.7 Å². The molecule has 2 heterocycles. The van der Waals surface area contributed by atoms with Crippen LogP contribution in [0.5, 0.6) is 0 Å². The minimum absolute atomic E-state index is 0.156. The van der Waals surface area contributed by atoms with Gasteiger partial charge in [-0.15, -0.1) is 0 Å². The fourth-order valence-electron chi connectivity index (χ4n) is 2.43. The van der Waals surface area contributed by atoms with Gasteiger partial charge in [0.25, 0.3) is 0 Å². The van der Waals surface area contributed by atoms with E-state index in [1.807, 2.05) is 11.8 Å². The van der Waals surface area contributed by atoms with Crippen molar-refractivity contribution in [2.24, 2.45) is 5.92 Å². The van der Waals surface area contributed by atoms with Gasteiger partial charge in [-0.05, 0) is 19.3 Å². The Hall–Kier alpha value is -0.610. The zero-order valence-corrected chi connectivity index (χ0v) is 8.66. The zero-order valence-electron chi connectivity index (χ0n) is 8.66. The number of ether oxygens (including phenoxy) is 1. The Balaban J connectivity index is 1.88. The maximum absolute atomic E-state index is 11.7. The fourth-order valence-corrected chi connectivity index (χ4v) is 2.43. The number of likely N-dealkylation sites (tertiary alicyclic amines) is 1. The molecular formula is C10H18N2O2. The minimum Gasteiger partial charge on any atom is -0.372 e. The SMILES string of the molecule is CCOCC(=O)N1CC[C@@H]2CNC[C@@H]21. The summed E-state index contributed by atoms with van der Waals surface area (Å²) in [7, 11) is 0. The van der Waals surface area contributed by atoms with E-state index in [0.717, 1.165) is 26.1 Å². The summed E-state index contributed by atoms with van der Waals surface area (Å²) < 4.78 is 5.14. The number of carbonyl (C=O) groups is 1. The highest BCUT2D eigenvalue weighted by molar-refractivity contribution is 5.78. The van der Waals surface area contributed by atoms with E-state index in [2.05, 4.69) is 5.32 Å². The molecule has 2 atom stereocenters. The molecule has 0 radical (unpaired) electrons. The minimum atomic E-state index is 0.156. The third-order valence-electron chi connectivity index (χ3n) is 3.20. The van der Waals surface area contributed by atoms with Crippen LogP contribution in [0.4, 0.5) is 0 Å². The molecule has 0 aromatic heterocycles. The second-order valence-corrected chi connectivity index (χ2v) is 4.00. The summed E-state index contributed by atoms with van der Waals surface area (Å²) in [4.78, 5) is 13.7. The average Bonchev–Trinajstić information content (AvgIpc) is 2.74. The molecule has 2 fully saturated rings. The summed E-state index contributed by atoms with van der Waals surface area (Å²) in [6.45, 7) is 5.73. The number of nitrogens with zero attached hydrogens (tertiary/aromatic N) is 1. The van der Waals surface area contributed by atoms with Gasteiger partial charge >= 0.3 is 0 Å². The van der Waals surface area contributed by atoms with E-state index < -0.39 is 0 Å². The molecule has 2 aliphatic heterocycles. The van der Waals surface area contributed by atoms with Crippen molar-refractivity contribution < 1.29 is 9.53 Å². The van der Waals surface area contributed by atoms with Gasteiger partial charge < -0.3 is 15.0 Å². The summed E-state index contributed by atoms with van der Waals surface area (Å²) in [5.74, 6) is 0.837. The third-order valence-corrected chi connectivity index (χ3v) is 3.20. The number of rotatable bonds is 3. The molecule has 1 amide bonds. The maximum Gasteiger partial charge on any atom is 0.248 e. The molecule has 1 N–H and O–H groups in total. The predicted octanol–water partition coefficient (Wildman–Crippen LogP) is -0.157. The van der Waals surface area contributed by atoms with Gasteiger partial charge in [0.1, 0.15) is 6.61 Å². The Bertz CT molecular complexity index is 220. The van der Waals surface area contributed by atoms with Crippen molar-refractivity contribution in [3.8, 4) is 0 Å². The molecule has 2 aliphatic rings. The van der Waals surface area contributed by atoms with Crippen molar-refractivity contribution in [3.63, 3.8) is 0 Å². The van der Waals surface area contributed by atoms with E-state index >= 15 is 0 Å². The van der Waals surface area contributed by atoms with Crippen molar-refractivity contribution in [1.29, 1.82) is 0 Å². The Morgan fingerprint density at radius 3 is 3.21 bits per heavy atom. The van der Waals surface area contributed by atoms with E-state index in [0.29, 0.717) is 18.6 Å². The summed E-state index contributed by atoms with van der Waals surface area (Å²) >= 11 is 0. The standard InChI is InChI=1S/C10H18N2O2/c1-2-14-7-10(13)12-4-3-8-5-11-6-9(8)12/h8-9,11H,2-7H2,1H3/t8-,9+/m1/s1. The molecular weight excluding hydrogens is 180 g/mol. The summed E-state index contributed by atoms with van der Waals surface area (Å²) in [5.41, 5.74) is 0. The van der Waals surface area contributed by atoms with Crippen LogP contribution in [0.3, 0.4) is 0 Å². The molecule has 14 heavy (non-hydrogen) atoms. The first kappa shape index (κ1) is 9.93. The van der Waals surface area contributed by atoms with Gasteiger partial charge in [0.05, 0.1) is 0 Å². The lowest BCUT2D eigenvalue weighted by Crippen LogP contribution is -2.41. The quantitative estimate of drug-likeness (QED) is 0.685. The second kappa shape index (κ2) is 4.28. The van der Waals surface area contributed by atoms with Crippen LogP contribution in [0, 0.1) is 5.92 Å². The average molecular weight is 198 g/mol.